The Balaban J connectivity index is 3.68. The van der Waals surface area contributed by atoms with Gasteiger partial charge in [0.25, 0.3) is 0 Å². The summed E-state index contributed by atoms with van der Waals surface area (Å²) in [6.45, 7) is 6.52. The van der Waals surface area contributed by atoms with E-state index in [0.29, 0.717) is 0 Å². The van der Waals surface area contributed by atoms with Crippen LogP contribution in [0.3, 0.4) is 0 Å². The molecule has 0 unspecified atom stereocenters. The van der Waals surface area contributed by atoms with E-state index in [-0.39, 0.29) is 0 Å². The SMILES string of the molecule is C/C=C(\C=C/CC)CCCC. The van der Waals surface area contributed by atoms with Crippen molar-refractivity contribution >= 4 is 0 Å². The molecule has 0 heterocycles. The van der Waals surface area contributed by atoms with E-state index in [1.165, 1.54) is 24.8 Å². The lowest BCUT2D eigenvalue weighted by Crippen LogP contribution is -1.77. The lowest BCUT2D eigenvalue weighted by molar-refractivity contribution is 0.796. The summed E-state index contributed by atoms with van der Waals surface area (Å²) in [5.41, 5.74) is 1.48. The van der Waals surface area contributed by atoms with Gasteiger partial charge in [-0.2, -0.15) is 0 Å². The molecule has 0 saturated carbocycles. The highest BCUT2D eigenvalue weighted by Gasteiger charge is 1.88. The average molecular weight is 152 g/mol. The van der Waals surface area contributed by atoms with Crippen LogP contribution in [0.4, 0.5) is 0 Å². The molecule has 0 aromatic heterocycles. The first kappa shape index (κ1) is 10.5. The third kappa shape index (κ3) is 5.90. The zero-order valence-corrected chi connectivity index (χ0v) is 8.06. The number of rotatable bonds is 5. The predicted molar refractivity (Wildman–Crippen MR) is 52.7 cm³/mol. The van der Waals surface area contributed by atoms with Crippen molar-refractivity contribution in [1.29, 1.82) is 0 Å². The molecule has 64 valence electrons. The van der Waals surface area contributed by atoms with Gasteiger partial charge in [0.1, 0.15) is 0 Å². The van der Waals surface area contributed by atoms with Gasteiger partial charge < -0.3 is 0 Å². The van der Waals surface area contributed by atoms with Crippen LogP contribution in [0, 0.1) is 0 Å². The standard InChI is InChI=1S/C11H20/c1-4-7-9-11(6-3)10-8-5-2/h6-7,9H,4-5,8,10H2,1-3H3/b9-7-,11-6+. The smallest absolute Gasteiger partial charge is 0.0282 e. The molecule has 0 atom stereocenters. The van der Waals surface area contributed by atoms with Crippen LogP contribution in [-0.4, -0.2) is 0 Å². The van der Waals surface area contributed by atoms with E-state index >= 15 is 0 Å². The maximum atomic E-state index is 2.25. The zero-order valence-electron chi connectivity index (χ0n) is 8.06. The largest absolute Gasteiger partial charge is 0.0845 e. The van der Waals surface area contributed by atoms with Gasteiger partial charge in [-0.15, -0.1) is 0 Å². The highest BCUT2D eigenvalue weighted by atomic mass is 13.9. The predicted octanol–water partition coefficient (Wildman–Crippen LogP) is 4.09. The van der Waals surface area contributed by atoms with Gasteiger partial charge in [-0.1, -0.05) is 44.1 Å². The molecule has 0 fully saturated rings. The van der Waals surface area contributed by atoms with Crippen molar-refractivity contribution in [2.24, 2.45) is 0 Å². The molecule has 0 nitrogen and oxygen atoms in total. The molecule has 0 N–H and O–H groups in total. The Kier molecular flexibility index (Phi) is 7.23. The fourth-order valence-electron chi connectivity index (χ4n) is 0.974. The summed E-state index contributed by atoms with van der Waals surface area (Å²) in [5.74, 6) is 0. The molecule has 0 aromatic rings. The maximum Gasteiger partial charge on any atom is -0.0282 e. The Bertz CT molecular complexity index is 129. The molecular weight excluding hydrogens is 132 g/mol. The molecule has 0 rings (SSSR count). The van der Waals surface area contributed by atoms with Crippen molar-refractivity contribution in [3.05, 3.63) is 23.8 Å². The van der Waals surface area contributed by atoms with E-state index in [2.05, 4.69) is 39.0 Å². The highest BCUT2D eigenvalue weighted by molar-refractivity contribution is 5.17. The first-order valence-corrected chi connectivity index (χ1v) is 4.66. The Morgan fingerprint density at radius 2 is 2.00 bits per heavy atom. The average Bonchev–Trinajstić information content (AvgIpc) is 2.05. The van der Waals surface area contributed by atoms with Crippen LogP contribution in [0.5, 0.6) is 0 Å². The molecule has 0 aromatic carbocycles. The zero-order chi connectivity index (χ0) is 8.53. The molecule has 0 radical (unpaired) electrons. The Morgan fingerprint density at radius 3 is 2.45 bits per heavy atom. The molecule has 0 spiro atoms. The van der Waals surface area contributed by atoms with E-state index in [1.807, 2.05) is 0 Å². The summed E-state index contributed by atoms with van der Waals surface area (Å²) in [6.07, 6.45) is 11.7. The van der Waals surface area contributed by atoms with Crippen LogP contribution in [0.2, 0.25) is 0 Å². The van der Waals surface area contributed by atoms with Gasteiger partial charge in [0, 0.05) is 0 Å². The van der Waals surface area contributed by atoms with Gasteiger partial charge in [-0.25, -0.2) is 0 Å². The van der Waals surface area contributed by atoms with Gasteiger partial charge in [-0.3, -0.25) is 0 Å². The molecule has 0 aliphatic rings. The first-order valence-electron chi connectivity index (χ1n) is 4.66. The third-order valence-electron chi connectivity index (χ3n) is 1.76. The molecule has 0 saturated heterocycles. The van der Waals surface area contributed by atoms with Crippen LogP contribution in [0.1, 0.15) is 46.5 Å². The van der Waals surface area contributed by atoms with Crippen LogP contribution >= 0.6 is 0 Å². The van der Waals surface area contributed by atoms with Crippen LogP contribution in [0.25, 0.3) is 0 Å². The molecule has 0 aliphatic heterocycles. The van der Waals surface area contributed by atoms with Crippen molar-refractivity contribution in [3.8, 4) is 0 Å². The van der Waals surface area contributed by atoms with E-state index in [4.69, 9.17) is 0 Å². The number of hydrogen-bond acceptors (Lipinski definition) is 0. The molecule has 0 bridgehead atoms. The third-order valence-corrected chi connectivity index (χ3v) is 1.76. The summed E-state index contributed by atoms with van der Waals surface area (Å²) in [5, 5.41) is 0. The van der Waals surface area contributed by atoms with E-state index < -0.39 is 0 Å². The summed E-state index contributed by atoms with van der Waals surface area (Å²) >= 11 is 0. The summed E-state index contributed by atoms with van der Waals surface area (Å²) < 4.78 is 0. The summed E-state index contributed by atoms with van der Waals surface area (Å²) in [7, 11) is 0. The lowest BCUT2D eigenvalue weighted by atomic mass is 10.1. The van der Waals surface area contributed by atoms with Crippen molar-refractivity contribution in [2.45, 2.75) is 46.5 Å². The molecule has 0 aliphatic carbocycles. The molecular formula is C11H20. The number of allylic oxidation sites excluding steroid dienone is 4. The van der Waals surface area contributed by atoms with Gasteiger partial charge >= 0.3 is 0 Å². The van der Waals surface area contributed by atoms with E-state index in [1.54, 1.807) is 0 Å². The van der Waals surface area contributed by atoms with Crippen molar-refractivity contribution in [1.82, 2.24) is 0 Å². The summed E-state index contributed by atoms with van der Waals surface area (Å²) in [6, 6.07) is 0. The second-order valence-corrected chi connectivity index (χ2v) is 2.78. The second kappa shape index (κ2) is 7.59. The minimum Gasteiger partial charge on any atom is -0.0845 e. The maximum absolute atomic E-state index is 2.25. The Hall–Kier alpha value is -0.520. The summed E-state index contributed by atoms with van der Waals surface area (Å²) in [4.78, 5) is 0. The monoisotopic (exact) mass is 152 g/mol. The fourth-order valence-corrected chi connectivity index (χ4v) is 0.974. The minimum absolute atomic E-state index is 1.14. The minimum atomic E-state index is 1.14. The van der Waals surface area contributed by atoms with E-state index in [9.17, 15) is 0 Å². The number of unbranched alkanes of at least 4 members (excludes halogenated alkanes) is 1. The van der Waals surface area contributed by atoms with Crippen molar-refractivity contribution < 1.29 is 0 Å². The molecule has 0 heteroatoms. The van der Waals surface area contributed by atoms with E-state index in [0.717, 1.165) is 6.42 Å². The quantitative estimate of drug-likeness (QED) is 0.520. The molecule has 0 amide bonds. The molecule has 11 heavy (non-hydrogen) atoms. The van der Waals surface area contributed by atoms with Gasteiger partial charge in [-0.05, 0) is 26.2 Å². The highest BCUT2D eigenvalue weighted by Crippen LogP contribution is 2.08. The second-order valence-electron chi connectivity index (χ2n) is 2.78. The Morgan fingerprint density at radius 1 is 1.27 bits per heavy atom. The van der Waals surface area contributed by atoms with Gasteiger partial charge in [0.05, 0.1) is 0 Å². The Labute approximate surface area is 71.0 Å². The van der Waals surface area contributed by atoms with Crippen LogP contribution in [0.15, 0.2) is 23.8 Å². The van der Waals surface area contributed by atoms with Gasteiger partial charge in [0.2, 0.25) is 0 Å². The van der Waals surface area contributed by atoms with Crippen LogP contribution in [-0.2, 0) is 0 Å². The van der Waals surface area contributed by atoms with Crippen molar-refractivity contribution in [2.75, 3.05) is 0 Å². The first-order chi connectivity index (χ1) is 5.35. The number of hydrogen-bond donors (Lipinski definition) is 0. The van der Waals surface area contributed by atoms with Gasteiger partial charge in [0.15, 0.2) is 0 Å². The van der Waals surface area contributed by atoms with Crippen LogP contribution < -0.4 is 0 Å². The topological polar surface area (TPSA) is 0 Å². The normalized spacial score (nSPS) is 12.8. The lowest BCUT2D eigenvalue weighted by Gasteiger charge is -1.98. The fraction of sp³-hybridized carbons (Fsp3) is 0.636. The van der Waals surface area contributed by atoms with Crippen molar-refractivity contribution in [3.63, 3.8) is 0 Å².